The molecule has 204 valence electrons. The molecule has 2 aliphatic rings. The van der Waals surface area contributed by atoms with Crippen molar-refractivity contribution in [3.8, 4) is 11.5 Å². The van der Waals surface area contributed by atoms with E-state index in [0.717, 1.165) is 41.5 Å². The molecule has 38 heavy (non-hydrogen) atoms. The van der Waals surface area contributed by atoms with Crippen LogP contribution in [-0.2, 0) is 25.5 Å². The molecule has 0 heterocycles. The Morgan fingerprint density at radius 3 is 1.97 bits per heavy atom. The molecule has 2 aromatic rings. The summed E-state index contributed by atoms with van der Waals surface area (Å²) in [6.45, 7) is 19.2. The minimum Gasteiger partial charge on any atom is -0.489 e. The van der Waals surface area contributed by atoms with E-state index in [4.69, 9.17) is 18.9 Å². The molecule has 1 fully saturated rings. The summed E-state index contributed by atoms with van der Waals surface area (Å²) in [6, 6.07) is 6.43. The van der Waals surface area contributed by atoms with Crippen molar-refractivity contribution >= 4 is 22.7 Å². The van der Waals surface area contributed by atoms with Crippen LogP contribution in [0.5, 0.6) is 11.5 Å². The van der Waals surface area contributed by atoms with Crippen molar-refractivity contribution in [3.05, 3.63) is 59.2 Å². The number of fused-ring (bicyclic) bond motifs is 6. The third kappa shape index (κ3) is 5.45. The van der Waals surface area contributed by atoms with E-state index in [-0.39, 0.29) is 13.2 Å². The van der Waals surface area contributed by atoms with Crippen molar-refractivity contribution in [2.24, 2.45) is 5.92 Å². The Balaban J connectivity index is 1.74. The molecule has 1 saturated carbocycles. The second-order valence-corrected chi connectivity index (χ2v) is 11.1. The number of hydrogen-bond donors (Lipinski definition) is 0. The van der Waals surface area contributed by atoms with Crippen LogP contribution < -0.4 is 9.47 Å². The van der Waals surface area contributed by atoms with E-state index in [2.05, 4.69) is 45.2 Å². The number of carbonyl (C=O) groups is 2. The second-order valence-electron chi connectivity index (χ2n) is 11.1. The predicted molar refractivity (Wildman–Crippen MR) is 149 cm³/mol. The Kier molecular flexibility index (Phi) is 8.19. The van der Waals surface area contributed by atoms with Gasteiger partial charge in [0.25, 0.3) is 0 Å². The van der Waals surface area contributed by atoms with Crippen molar-refractivity contribution < 1.29 is 28.5 Å². The molecular weight excluding hydrogens is 480 g/mol. The third-order valence-corrected chi connectivity index (χ3v) is 7.66. The minimum absolute atomic E-state index is 0.246. The average molecular weight is 521 g/mol. The number of esters is 2. The lowest BCUT2D eigenvalue weighted by Crippen LogP contribution is -2.24. The van der Waals surface area contributed by atoms with Crippen molar-refractivity contribution in [3.63, 3.8) is 0 Å². The van der Waals surface area contributed by atoms with Gasteiger partial charge in [0.15, 0.2) is 0 Å². The highest BCUT2D eigenvalue weighted by molar-refractivity contribution is 5.97. The lowest BCUT2D eigenvalue weighted by Gasteiger charge is -2.29. The summed E-state index contributed by atoms with van der Waals surface area (Å²) in [4.78, 5) is 24.1. The number of carbonyl (C=O) groups excluding carboxylic acids is 2. The normalized spacial score (nSPS) is 20.9. The standard InChI is InChI=1S/C32H40O6/c1-9-22-10-11-24-26(13-22)30(36-16-21(8)38-32(34)18(4)5)27-23-12-19(6)25(14-23)28(27)29(24)35-15-20(7)37-31(33)17(2)3/h10-11,13,19-21,23,25H,2,4,9,12,14-16H2,1,3,5-8H3. The summed E-state index contributed by atoms with van der Waals surface area (Å²) >= 11 is 0. The molecule has 5 unspecified atom stereocenters. The SMILES string of the molecule is C=C(C)C(=O)OC(C)COc1c2c(c(OCC(C)OC(=O)C(=C)C)c3ccc(CC)cc13)C1CC2CC1C. The van der Waals surface area contributed by atoms with Gasteiger partial charge in [-0.25, -0.2) is 9.59 Å². The zero-order valence-corrected chi connectivity index (χ0v) is 23.5. The number of benzene rings is 2. The highest BCUT2D eigenvalue weighted by Crippen LogP contribution is 2.63. The van der Waals surface area contributed by atoms with Gasteiger partial charge in [-0.3, -0.25) is 0 Å². The molecule has 0 aliphatic heterocycles. The Morgan fingerprint density at radius 1 is 0.895 bits per heavy atom. The Labute approximate surface area is 226 Å². The molecule has 0 aromatic heterocycles. The largest absolute Gasteiger partial charge is 0.489 e. The van der Waals surface area contributed by atoms with Gasteiger partial charge in [0, 0.05) is 33.0 Å². The topological polar surface area (TPSA) is 71.1 Å². The maximum absolute atomic E-state index is 12.0. The fourth-order valence-electron chi connectivity index (χ4n) is 5.74. The summed E-state index contributed by atoms with van der Waals surface area (Å²) in [5, 5.41) is 1.99. The molecule has 0 spiro atoms. The third-order valence-electron chi connectivity index (χ3n) is 7.66. The minimum atomic E-state index is -0.421. The van der Waals surface area contributed by atoms with E-state index in [1.165, 1.54) is 16.7 Å². The van der Waals surface area contributed by atoms with Crippen LogP contribution in [0.25, 0.3) is 10.8 Å². The van der Waals surface area contributed by atoms with E-state index in [0.29, 0.717) is 28.9 Å². The van der Waals surface area contributed by atoms with Crippen molar-refractivity contribution in [2.75, 3.05) is 13.2 Å². The van der Waals surface area contributed by atoms with Gasteiger partial charge >= 0.3 is 11.9 Å². The van der Waals surface area contributed by atoms with Gasteiger partial charge in [0.1, 0.15) is 36.9 Å². The van der Waals surface area contributed by atoms with E-state index in [1.807, 2.05) is 13.8 Å². The molecule has 4 rings (SSSR count). The first-order valence-electron chi connectivity index (χ1n) is 13.6. The van der Waals surface area contributed by atoms with Gasteiger partial charge in [0.05, 0.1) is 0 Å². The molecule has 0 saturated heterocycles. The predicted octanol–water partition coefficient (Wildman–Crippen LogP) is 6.79. The lowest BCUT2D eigenvalue weighted by atomic mass is 9.81. The van der Waals surface area contributed by atoms with Gasteiger partial charge < -0.3 is 18.9 Å². The van der Waals surface area contributed by atoms with Crippen molar-refractivity contribution in [1.29, 1.82) is 0 Å². The quantitative estimate of drug-likeness (QED) is 0.240. The van der Waals surface area contributed by atoms with Crippen LogP contribution in [0.3, 0.4) is 0 Å². The highest BCUT2D eigenvalue weighted by atomic mass is 16.6. The highest BCUT2D eigenvalue weighted by Gasteiger charge is 2.46. The van der Waals surface area contributed by atoms with Gasteiger partial charge in [-0.1, -0.05) is 39.1 Å². The molecule has 2 aromatic carbocycles. The molecule has 2 bridgehead atoms. The Bertz CT molecular complexity index is 1270. The Morgan fingerprint density at radius 2 is 1.45 bits per heavy atom. The van der Waals surface area contributed by atoms with Crippen molar-refractivity contribution in [1.82, 2.24) is 0 Å². The molecule has 5 atom stereocenters. The summed E-state index contributed by atoms with van der Waals surface area (Å²) in [7, 11) is 0. The number of hydrogen-bond acceptors (Lipinski definition) is 6. The van der Waals surface area contributed by atoms with Crippen LogP contribution >= 0.6 is 0 Å². The first-order chi connectivity index (χ1) is 18.0. The van der Waals surface area contributed by atoms with Crippen LogP contribution in [0, 0.1) is 5.92 Å². The van der Waals surface area contributed by atoms with Crippen LogP contribution in [-0.4, -0.2) is 37.4 Å². The zero-order valence-electron chi connectivity index (χ0n) is 23.5. The molecule has 6 nitrogen and oxygen atoms in total. The molecule has 6 heteroatoms. The van der Waals surface area contributed by atoms with Gasteiger partial charge in [0.2, 0.25) is 0 Å². The maximum Gasteiger partial charge on any atom is 0.333 e. The summed E-state index contributed by atoms with van der Waals surface area (Å²) in [5.74, 6) is 2.23. The van der Waals surface area contributed by atoms with Gasteiger partial charge in [-0.05, 0) is 76.3 Å². The maximum atomic E-state index is 12.0. The fourth-order valence-corrected chi connectivity index (χ4v) is 5.74. The van der Waals surface area contributed by atoms with E-state index in [1.54, 1.807) is 13.8 Å². The van der Waals surface area contributed by atoms with Crippen LogP contribution in [0.2, 0.25) is 0 Å². The van der Waals surface area contributed by atoms with Gasteiger partial charge in [-0.15, -0.1) is 0 Å². The van der Waals surface area contributed by atoms with Crippen LogP contribution in [0.1, 0.15) is 82.9 Å². The van der Waals surface area contributed by atoms with E-state index >= 15 is 0 Å². The zero-order chi connectivity index (χ0) is 27.7. The smallest absolute Gasteiger partial charge is 0.333 e. The number of aryl methyl sites for hydroxylation is 1. The molecule has 0 amide bonds. The molecular formula is C32H40O6. The molecule has 0 N–H and O–H groups in total. The first kappa shape index (κ1) is 27.7. The van der Waals surface area contributed by atoms with Gasteiger partial charge in [-0.2, -0.15) is 0 Å². The first-order valence-corrected chi connectivity index (χ1v) is 13.6. The van der Waals surface area contributed by atoms with E-state index in [9.17, 15) is 9.59 Å². The monoisotopic (exact) mass is 520 g/mol. The summed E-state index contributed by atoms with van der Waals surface area (Å²) in [5.41, 5.74) is 4.37. The molecule has 2 aliphatic carbocycles. The van der Waals surface area contributed by atoms with Crippen molar-refractivity contribution in [2.45, 2.75) is 84.8 Å². The lowest BCUT2D eigenvalue weighted by molar-refractivity contribution is -0.145. The fraction of sp³-hybridized carbons (Fsp3) is 0.500. The van der Waals surface area contributed by atoms with Crippen LogP contribution in [0.4, 0.5) is 0 Å². The van der Waals surface area contributed by atoms with Crippen LogP contribution in [0.15, 0.2) is 42.5 Å². The van der Waals surface area contributed by atoms with E-state index < -0.39 is 24.1 Å². The Hall–Kier alpha value is -3.28. The number of ether oxygens (including phenoxy) is 4. The number of rotatable bonds is 11. The summed E-state index contributed by atoms with van der Waals surface area (Å²) < 4.78 is 24.0. The average Bonchev–Trinajstić information content (AvgIpc) is 3.43. The molecule has 0 radical (unpaired) electrons. The second kappa shape index (κ2) is 11.2. The summed E-state index contributed by atoms with van der Waals surface area (Å²) in [6.07, 6.45) is 2.23.